The van der Waals surface area contributed by atoms with E-state index in [9.17, 15) is 27.9 Å². The molecule has 0 aromatic rings. The van der Waals surface area contributed by atoms with Crippen LogP contribution in [-0.2, 0) is 43.3 Å². The highest BCUT2D eigenvalue weighted by atomic mass is 32.2. The van der Waals surface area contributed by atoms with E-state index in [4.69, 9.17) is 29.3 Å². The predicted molar refractivity (Wildman–Crippen MR) is 327 cm³/mol. The lowest BCUT2D eigenvalue weighted by molar-refractivity contribution is -0.191. The number of aliphatic hydroxyl groups excluding tert-OH is 1. The zero-order chi connectivity index (χ0) is 62.5. The van der Waals surface area contributed by atoms with Gasteiger partial charge in [0.05, 0.1) is 43.5 Å². The normalized spacial score (nSPS) is 24.2. The van der Waals surface area contributed by atoms with Gasteiger partial charge in [0.15, 0.2) is 9.84 Å². The first-order chi connectivity index (χ1) is 37.0. The van der Waals surface area contributed by atoms with E-state index in [-0.39, 0.29) is 35.8 Å². The number of likely N-dealkylation sites (tertiary alicyclic amines) is 2. The summed E-state index contributed by atoms with van der Waals surface area (Å²) in [5, 5.41) is 32.3. The number of carboxylic acid groups (broad SMARTS) is 2. The van der Waals surface area contributed by atoms with E-state index in [2.05, 4.69) is 112 Å². The number of sulfone groups is 1. The Morgan fingerprint density at radius 1 is 0.688 bits per heavy atom. The van der Waals surface area contributed by atoms with Crippen LogP contribution in [0.4, 0.5) is 0 Å². The second kappa shape index (κ2) is 44.9. The first-order valence-electron chi connectivity index (χ1n) is 31.0. The number of aliphatic carboxylic acids is 2. The molecule has 7 saturated heterocycles. The zero-order valence-electron chi connectivity index (χ0n) is 54.9. The van der Waals surface area contributed by atoms with Crippen molar-refractivity contribution in [1.82, 2.24) is 20.4 Å². The summed E-state index contributed by atoms with van der Waals surface area (Å²) in [4.78, 5) is 51.6. The molecule has 476 valence electrons. The molecule has 80 heavy (non-hydrogen) atoms. The second-order valence-electron chi connectivity index (χ2n) is 26.7. The van der Waals surface area contributed by atoms with E-state index in [0.717, 1.165) is 107 Å². The van der Waals surface area contributed by atoms with Crippen molar-refractivity contribution in [3.63, 3.8) is 0 Å². The maximum absolute atomic E-state index is 11.2. The summed E-state index contributed by atoms with van der Waals surface area (Å²) in [6.07, 6.45) is 10.7. The molecule has 0 radical (unpaired) electrons. The van der Waals surface area contributed by atoms with Gasteiger partial charge in [0, 0.05) is 61.8 Å². The molecule has 7 rings (SSSR count). The van der Waals surface area contributed by atoms with Crippen molar-refractivity contribution >= 4 is 33.8 Å². The van der Waals surface area contributed by atoms with E-state index >= 15 is 0 Å². The molecule has 0 aromatic carbocycles. The molecule has 16 nitrogen and oxygen atoms in total. The summed E-state index contributed by atoms with van der Waals surface area (Å²) >= 11 is 0. The smallest absolute Gasteiger partial charge is 0.373 e. The van der Waals surface area contributed by atoms with Gasteiger partial charge in [-0.3, -0.25) is 14.4 Å². The third-order valence-corrected chi connectivity index (χ3v) is 18.6. The first-order valence-corrected chi connectivity index (χ1v) is 32.7. The van der Waals surface area contributed by atoms with Crippen molar-refractivity contribution in [2.75, 3.05) is 64.9 Å². The minimum absolute atomic E-state index is 0.0486. The van der Waals surface area contributed by atoms with Gasteiger partial charge in [0.2, 0.25) is 5.91 Å². The number of hydrogen-bond donors (Lipinski definition) is 5. The van der Waals surface area contributed by atoms with Gasteiger partial charge < -0.3 is 45.2 Å². The molecule has 6 unspecified atom stereocenters. The molecule has 0 spiro atoms. The maximum atomic E-state index is 11.2. The summed E-state index contributed by atoms with van der Waals surface area (Å²) < 4.78 is 32.5. The molecule has 0 saturated carbocycles. The van der Waals surface area contributed by atoms with Crippen molar-refractivity contribution in [1.29, 1.82) is 0 Å². The maximum Gasteiger partial charge on any atom is 0.373 e. The molecule has 0 aromatic heterocycles. The second-order valence-corrected chi connectivity index (χ2v) is 29.1. The highest BCUT2D eigenvalue weighted by Crippen LogP contribution is 2.34. The standard InChI is InChI=1S/C9H17NO.C8H17N.C7H15NO.C7H15N.C7H14O2S.C7H14O.C6H12O2.C6H12O.C5H10O2.CO2/c1-7(2)9-5-4-6-10(9)8(3)11;1-6(2)8-4-7(3)5-9-8;1-5(2)7-6(9)3-4-8-7;1-7(2)8-5-3-4-6-8;1-6(2)7-4-3-5-10(7,8)9;1-6(2)7(3)4-8-5-7;1-5(2)3-4-6(7)8;1-5(2)6-3-7-4-6;1-4(2)3-5(6)7;2-1-3/h7,9H,4-6H2,1-3H3;6-9H,4-5H2,1-3H3;5-9H,3-4H2,1-2H3;7H,3-6H2,1-2H3;6-7H,3-5H2,1-2H3;6H,4-5H2,1-3H3;5H,3-4H2,1-2H3,(H,7,8);5-6H,3-4H2,1-2H3;4H,3H2,1-2H3,(H,6,7);. The van der Waals surface area contributed by atoms with Crippen LogP contribution >= 0.6 is 0 Å². The average molecular weight is 1160 g/mol. The summed E-state index contributed by atoms with van der Waals surface area (Å²) in [7, 11) is -2.69. The third-order valence-electron chi connectivity index (χ3n) is 16.0. The van der Waals surface area contributed by atoms with Gasteiger partial charge in [-0.25, -0.2) is 8.42 Å². The Hall–Kier alpha value is -2.50. The van der Waals surface area contributed by atoms with Crippen LogP contribution < -0.4 is 10.6 Å². The zero-order valence-corrected chi connectivity index (χ0v) is 55.7. The molecule has 0 bridgehead atoms. The monoisotopic (exact) mass is 1160 g/mol. The lowest BCUT2D eigenvalue weighted by atomic mass is 9.78. The minimum Gasteiger partial charge on any atom is -0.481 e. The van der Waals surface area contributed by atoms with Crippen molar-refractivity contribution in [3.8, 4) is 0 Å². The summed E-state index contributed by atoms with van der Waals surface area (Å²) in [6, 6.07) is 2.41. The van der Waals surface area contributed by atoms with E-state index in [1.54, 1.807) is 6.92 Å². The molecule has 17 heteroatoms. The number of amides is 1. The van der Waals surface area contributed by atoms with Crippen molar-refractivity contribution < 1.29 is 57.2 Å². The number of carbonyl (C=O) groups excluding carboxylic acids is 3. The Morgan fingerprint density at radius 2 is 1.24 bits per heavy atom. The Morgan fingerprint density at radius 3 is 1.40 bits per heavy atom. The summed E-state index contributed by atoms with van der Waals surface area (Å²) in [6.45, 7) is 54.5. The van der Waals surface area contributed by atoms with Gasteiger partial charge >= 0.3 is 18.1 Å². The molecule has 7 fully saturated rings. The molecule has 6 atom stereocenters. The van der Waals surface area contributed by atoms with E-state index in [1.807, 2.05) is 46.4 Å². The Balaban J connectivity index is -0.000000831. The van der Waals surface area contributed by atoms with Crippen LogP contribution in [0.2, 0.25) is 0 Å². The Labute approximate surface area is 490 Å². The van der Waals surface area contributed by atoms with E-state index < -0.39 is 21.8 Å². The number of carbonyl (C=O) groups is 3. The van der Waals surface area contributed by atoms with Gasteiger partial charge in [-0.05, 0) is 151 Å². The average Bonchev–Trinajstić information content (AvgIpc) is 4.17. The van der Waals surface area contributed by atoms with Crippen LogP contribution in [0.1, 0.15) is 216 Å². The van der Waals surface area contributed by atoms with Crippen LogP contribution in [0.5, 0.6) is 0 Å². The number of nitrogens with one attached hydrogen (secondary N) is 2. The van der Waals surface area contributed by atoms with Gasteiger partial charge in [0.25, 0.3) is 0 Å². The molecule has 7 aliphatic rings. The van der Waals surface area contributed by atoms with E-state index in [0.29, 0.717) is 53.3 Å². The number of aliphatic hydroxyl groups is 1. The molecule has 1 amide bonds. The van der Waals surface area contributed by atoms with Gasteiger partial charge in [-0.1, -0.05) is 125 Å². The van der Waals surface area contributed by atoms with Crippen LogP contribution in [0.15, 0.2) is 0 Å². The lowest BCUT2D eigenvalue weighted by Gasteiger charge is -2.41. The number of ether oxygens (including phenoxy) is 2. The fourth-order valence-corrected chi connectivity index (χ4v) is 11.9. The molecular formula is C63H126N4O12S. The van der Waals surface area contributed by atoms with E-state index in [1.165, 1.54) is 51.7 Å². The highest BCUT2D eigenvalue weighted by molar-refractivity contribution is 7.92. The first kappa shape index (κ1) is 81.7. The summed E-state index contributed by atoms with van der Waals surface area (Å²) in [5.74, 6) is 5.67. The predicted octanol–water partition coefficient (Wildman–Crippen LogP) is 11.4. The molecular weight excluding hydrogens is 1040 g/mol. The van der Waals surface area contributed by atoms with Crippen LogP contribution in [0.25, 0.3) is 0 Å². The topological polar surface area (TPSA) is 229 Å². The molecule has 7 heterocycles. The van der Waals surface area contributed by atoms with Crippen molar-refractivity contribution in [2.24, 2.45) is 64.6 Å². The Bertz CT molecular complexity index is 1720. The fraction of sp³-hybridized carbons (Fsp3) is 0.937. The van der Waals surface area contributed by atoms with Gasteiger partial charge in [-0.2, -0.15) is 9.59 Å². The largest absolute Gasteiger partial charge is 0.481 e. The SMILES string of the molecule is CC(=O)N1CCCC1C(C)C.CC(C)C1(C)COC1.CC(C)C1CCCS1(=O)=O.CC(C)C1COC1.CC(C)C1NCCC1O.CC(C)CC(=O)O.CC(C)CCC(=O)O.CC(C)N1CCCC1.CC1CNC(C(C)C)C1.O=C=O. The van der Waals surface area contributed by atoms with Crippen LogP contribution in [-0.4, -0.2) is 158 Å². The molecule has 5 N–H and O–H groups in total. The van der Waals surface area contributed by atoms with Crippen molar-refractivity contribution in [3.05, 3.63) is 0 Å². The van der Waals surface area contributed by atoms with Crippen molar-refractivity contribution in [2.45, 2.75) is 252 Å². The lowest BCUT2D eigenvalue weighted by Crippen LogP contribution is -2.43. The third kappa shape index (κ3) is 39.1. The van der Waals surface area contributed by atoms with Crippen LogP contribution in [0.3, 0.4) is 0 Å². The molecule has 0 aliphatic carbocycles. The number of rotatable bonds is 12. The molecule has 7 aliphatic heterocycles. The minimum atomic E-state index is -2.69. The summed E-state index contributed by atoms with van der Waals surface area (Å²) in [5.41, 5.74) is 0.500. The number of nitrogens with zero attached hydrogens (tertiary/aromatic N) is 2. The quantitative estimate of drug-likeness (QED) is 0.122. The number of carboxylic acids is 2. The Kier molecular flexibility index (Phi) is 45.9. The van der Waals surface area contributed by atoms with Crippen LogP contribution in [0, 0.1) is 64.6 Å². The van der Waals surface area contributed by atoms with Gasteiger partial charge in [0.1, 0.15) is 0 Å². The fourth-order valence-electron chi connectivity index (χ4n) is 9.71. The van der Waals surface area contributed by atoms with Gasteiger partial charge in [-0.15, -0.1) is 0 Å². The highest BCUT2D eigenvalue weighted by Gasteiger charge is 2.36. The number of hydrogen-bond acceptors (Lipinski definition) is 13.